The van der Waals surface area contributed by atoms with E-state index in [1.54, 1.807) is 0 Å². The van der Waals surface area contributed by atoms with Gasteiger partial charge in [-0.15, -0.1) is 0 Å². The van der Waals surface area contributed by atoms with Crippen molar-refractivity contribution in [2.45, 2.75) is 64.9 Å². The Hall–Kier alpha value is -0.259. The summed E-state index contributed by atoms with van der Waals surface area (Å²) in [5.41, 5.74) is 0. The van der Waals surface area contributed by atoms with Crippen LogP contribution in [-0.4, -0.2) is 43.5 Å². The standard InChI is InChI=1S/C14H32O5Si3/c1-11-13(15)16-12-14(17-20(2,3)4,18-21(5,6)7)19-22(8,9)10/h11H,1,12H2,2-10H3. The molecule has 0 spiro atoms. The van der Waals surface area contributed by atoms with E-state index < -0.39 is 36.9 Å². The Labute approximate surface area is 138 Å². The lowest BCUT2D eigenvalue weighted by Gasteiger charge is -2.44. The van der Waals surface area contributed by atoms with Gasteiger partial charge in [-0.1, -0.05) is 6.58 Å². The van der Waals surface area contributed by atoms with Crippen molar-refractivity contribution in [1.82, 2.24) is 0 Å². The Morgan fingerprint density at radius 1 is 0.864 bits per heavy atom. The zero-order valence-electron chi connectivity index (χ0n) is 15.5. The third kappa shape index (κ3) is 10.5. The molecule has 0 radical (unpaired) electrons. The van der Waals surface area contributed by atoms with Crippen molar-refractivity contribution in [3.8, 4) is 0 Å². The minimum absolute atomic E-state index is 0.0866. The molecule has 8 heteroatoms. The second-order valence-electron chi connectivity index (χ2n) is 8.14. The van der Waals surface area contributed by atoms with Crippen molar-refractivity contribution in [3.63, 3.8) is 0 Å². The molecular formula is C14H32O5Si3. The van der Waals surface area contributed by atoms with Gasteiger partial charge in [0, 0.05) is 6.08 Å². The summed E-state index contributed by atoms with van der Waals surface area (Å²) < 4.78 is 23.9. The number of rotatable bonds is 9. The Kier molecular flexibility index (Phi) is 7.45. The summed E-state index contributed by atoms with van der Waals surface area (Å²) in [5.74, 6) is -1.83. The van der Waals surface area contributed by atoms with Crippen molar-refractivity contribution in [1.29, 1.82) is 0 Å². The van der Waals surface area contributed by atoms with Gasteiger partial charge in [0.05, 0.1) is 0 Å². The third-order valence-corrected chi connectivity index (χ3v) is 4.71. The van der Waals surface area contributed by atoms with Crippen LogP contribution in [0.3, 0.4) is 0 Å². The molecule has 0 amide bonds. The first-order valence-electron chi connectivity index (χ1n) is 7.47. The van der Waals surface area contributed by atoms with Crippen LogP contribution in [-0.2, 0) is 22.8 Å². The van der Waals surface area contributed by atoms with E-state index in [9.17, 15) is 4.79 Å². The maximum atomic E-state index is 11.5. The molecule has 130 valence electrons. The van der Waals surface area contributed by atoms with E-state index in [0.717, 1.165) is 6.08 Å². The van der Waals surface area contributed by atoms with Gasteiger partial charge in [0.1, 0.15) is 0 Å². The molecule has 5 nitrogen and oxygen atoms in total. The summed E-state index contributed by atoms with van der Waals surface area (Å²) in [4.78, 5) is 11.5. The maximum absolute atomic E-state index is 11.5. The summed E-state index contributed by atoms with van der Waals surface area (Å²) in [6, 6.07) is 0. The summed E-state index contributed by atoms with van der Waals surface area (Å²) in [6.45, 7) is 21.8. The number of carbonyl (C=O) groups excluding carboxylic acids is 1. The van der Waals surface area contributed by atoms with Gasteiger partial charge in [-0.3, -0.25) is 0 Å². The Bertz CT molecular complexity index is 350. The van der Waals surface area contributed by atoms with Crippen molar-refractivity contribution < 1.29 is 22.8 Å². The first-order chi connectivity index (χ1) is 9.58. The predicted octanol–water partition coefficient (Wildman–Crippen LogP) is 3.92. The van der Waals surface area contributed by atoms with Crippen LogP contribution >= 0.6 is 0 Å². The molecule has 0 rings (SSSR count). The van der Waals surface area contributed by atoms with Crippen LogP contribution in [0.4, 0.5) is 0 Å². The van der Waals surface area contributed by atoms with Gasteiger partial charge in [0.2, 0.25) is 0 Å². The van der Waals surface area contributed by atoms with E-state index in [-0.39, 0.29) is 6.61 Å². The number of hydrogen-bond donors (Lipinski definition) is 0. The summed E-state index contributed by atoms with van der Waals surface area (Å²) >= 11 is 0. The Morgan fingerprint density at radius 3 is 1.41 bits per heavy atom. The predicted molar refractivity (Wildman–Crippen MR) is 97.2 cm³/mol. The van der Waals surface area contributed by atoms with E-state index in [2.05, 4.69) is 65.5 Å². The highest BCUT2D eigenvalue weighted by Gasteiger charge is 2.46. The zero-order valence-corrected chi connectivity index (χ0v) is 18.5. The van der Waals surface area contributed by atoms with Crippen LogP contribution in [0.15, 0.2) is 12.7 Å². The molecule has 0 unspecified atom stereocenters. The molecule has 0 aliphatic rings. The summed E-state index contributed by atoms with van der Waals surface area (Å²) in [7, 11) is -5.99. The highest BCUT2D eigenvalue weighted by Crippen LogP contribution is 2.29. The second kappa shape index (κ2) is 7.54. The molecule has 0 heterocycles. The van der Waals surface area contributed by atoms with E-state index >= 15 is 0 Å². The average molecular weight is 365 g/mol. The van der Waals surface area contributed by atoms with Crippen LogP contribution in [0.25, 0.3) is 0 Å². The summed E-state index contributed by atoms with van der Waals surface area (Å²) in [6.07, 6.45) is 1.13. The molecule has 0 N–H and O–H groups in total. The minimum atomic E-state index is -2.00. The van der Waals surface area contributed by atoms with E-state index in [0.29, 0.717) is 0 Å². The lowest BCUT2D eigenvalue weighted by atomic mass is 10.6. The normalized spacial score (nSPS) is 13.9. The molecule has 0 bridgehead atoms. The largest absolute Gasteiger partial charge is 0.454 e. The van der Waals surface area contributed by atoms with Crippen LogP contribution in [0.2, 0.25) is 58.9 Å². The number of hydrogen-bond acceptors (Lipinski definition) is 5. The van der Waals surface area contributed by atoms with Crippen LogP contribution in [0.5, 0.6) is 0 Å². The molecular weight excluding hydrogens is 332 g/mol. The van der Waals surface area contributed by atoms with Gasteiger partial charge in [-0.05, 0) is 58.9 Å². The highest BCUT2D eigenvalue weighted by molar-refractivity contribution is 6.72. The van der Waals surface area contributed by atoms with Gasteiger partial charge >= 0.3 is 5.97 Å². The monoisotopic (exact) mass is 364 g/mol. The first-order valence-corrected chi connectivity index (χ1v) is 17.7. The van der Waals surface area contributed by atoms with Gasteiger partial charge < -0.3 is 18.0 Å². The number of ether oxygens (including phenoxy) is 1. The third-order valence-electron chi connectivity index (χ3n) is 1.94. The molecule has 0 aromatic carbocycles. The van der Waals surface area contributed by atoms with E-state index in [1.165, 1.54) is 0 Å². The maximum Gasteiger partial charge on any atom is 0.330 e. The molecule has 0 atom stereocenters. The van der Waals surface area contributed by atoms with E-state index in [4.69, 9.17) is 18.0 Å². The van der Waals surface area contributed by atoms with Crippen LogP contribution in [0, 0.1) is 0 Å². The fourth-order valence-electron chi connectivity index (χ4n) is 1.77. The van der Waals surface area contributed by atoms with Gasteiger partial charge in [-0.25, -0.2) is 4.79 Å². The SMILES string of the molecule is C=CC(=O)OCC(O[Si](C)(C)C)(O[Si](C)(C)C)O[Si](C)(C)C. The molecule has 0 aromatic heterocycles. The van der Waals surface area contributed by atoms with E-state index in [1.807, 2.05) is 0 Å². The van der Waals surface area contributed by atoms with Gasteiger partial charge in [0.25, 0.3) is 5.97 Å². The Balaban J connectivity index is 5.57. The lowest BCUT2D eigenvalue weighted by molar-refractivity contribution is -0.289. The molecule has 0 fully saturated rings. The van der Waals surface area contributed by atoms with Crippen LogP contribution < -0.4 is 0 Å². The fraction of sp³-hybridized carbons (Fsp3) is 0.786. The van der Waals surface area contributed by atoms with Crippen molar-refractivity contribution >= 4 is 30.9 Å². The molecule has 0 saturated heterocycles. The lowest BCUT2D eigenvalue weighted by Crippen LogP contribution is -2.58. The second-order valence-corrected chi connectivity index (χ2v) is 21.4. The Morgan fingerprint density at radius 2 is 1.18 bits per heavy atom. The van der Waals surface area contributed by atoms with Gasteiger partial charge in [0.15, 0.2) is 31.6 Å². The van der Waals surface area contributed by atoms with Gasteiger partial charge in [-0.2, -0.15) is 0 Å². The number of esters is 1. The topological polar surface area (TPSA) is 54.0 Å². The van der Waals surface area contributed by atoms with Crippen molar-refractivity contribution in [2.24, 2.45) is 0 Å². The first kappa shape index (κ1) is 21.7. The highest BCUT2D eigenvalue weighted by atomic mass is 28.4. The average Bonchev–Trinajstić information content (AvgIpc) is 2.18. The molecule has 0 aromatic rings. The number of carbonyl (C=O) groups is 1. The molecule has 0 saturated carbocycles. The smallest absolute Gasteiger partial charge is 0.330 e. The minimum Gasteiger partial charge on any atom is -0.454 e. The van der Waals surface area contributed by atoms with Crippen LogP contribution in [0.1, 0.15) is 0 Å². The van der Waals surface area contributed by atoms with Crippen molar-refractivity contribution in [2.75, 3.05) is 6.61 Å². The molecule has 22 heavy (non-hydrogen) atoms. The molecule has 0 aliphatic heterocycles. The summed E-state index contributed by atoms with van der Waals surface area (Å²) in [5, 5.41) is 0. The zero-order chi connectivity index (χ0) is 17.8. The molecule has 0 aliphatic carbocycles. The quantitative estimate of drug-likeness (QED) is 0.268. The van der Waals surface area contributed by atoms with Crippen molar-refractivity contribution in [3.05, 3.63) is 12.7 Å². The fourth-order valence-corrected chi connectivity index (χ4v) is 5.24.